The van der Waals surface area contributed by atoms with Crippen molar-refractivity contribution in [1.29, 1.82) is 0 Å². The molecule has 34 heavy (non-hydrogen) atoms. The number of aromatic amines is 1. The molecule has 1 heterocycles. The van der Waals surface area contributed by atoms with Gasteiger partial charge in [0.15, 0.2) is 5.96 Å². The molecule has 0 saturated heterocycles. The van der Waals surface area contributed by atoms with E-state index in [1.807, 2.05) is 30.3 Å². The second-order valence-corrected chi connectivity index (χ2v) is 7.48. The van der Waals surface area contributed by atoms with E-state index in [-0.39, 0.29) is 24.5 Å². The number of aromatic hydroxyl groups is 1. The number of nitrogens with one attached hydrogen (secondary N) is 3. The summed E-state index contributed by atoms with van der Waals surface area (Å²) < 4.78 is 0.819. The molecule has 0 aliphatic carbocycles. The Kier molecular flexibility index (Phi) is 9.68. The predicted molar refractivity (Wildman–Crippen MR) is 123 cm³/mol. The number of nitrogens with two attached hydrogens (primary N) is 2. The maximum atomic E-state index is 12.2. The summed E-state index contributed by atoms with van der Waals surface area (Å²) >= 11 is 0. The highest BCUT2D eigenvalue weighted by Gasteiger charge is 2.22. The fourth-order valence-corrected chi connectivity index (χ4v) is 3.08. The Hall–Kier alpha value is -4.29. The third kappa shape index (κ3) is 8.33. The van der Waals surface area contributed by atoms with E-state index in [1.54, 1.807) is 0 Å². The van der Waals surface area contributed by atoms with Gasteiger partial charge in [0.05, 0.1) is 5.69 Å². The van der Waals surface area contributed by atoms with Crippen molar-refractivity contribution in [2.45, 2.75) is 38.3 Å². The molecule has 0 spiro atoms. The van der Waals surface area contributed by atoms with Crippen LogP contribution in [0.1, 0.15) is 24.1 Å². The van der Waals surface area contributed by atoms with Gasteiger partial charge in [-0.1, -0.05) is 30.3 Å². The van der Waals surface area contributed by atoms with Gasteiger partial charge in [0.1, 0.15) is 12.6 Å². The molecule has 1 aromatic carbocycles. The number of carbonyl (C=O) groups excluding carboxylic acids is 2. The molecule has 0 fully saturated rings. The first-order valence-corrected chi connectivity index (χ1v) is 10.6. The molecule has 0 aliphatic rings. The van der Waals surface area contributed by atoms with Gasteiger partial charge in [-0.2, -0.15) is 0 Å². The molecule has 13 nitrogen and oxygen atoms in total. The van der Waals surface area contributed by atoms with E-state index in [4.69, 9.17) is 11.5 Å². The van der Waals surface area contributed by atoms with Crippen molar-refractivity contribution < 1.29 is 24.6 Å². The summed E-state index contributed by atoms with van der Waals surface area (Å²) in [5.41, 5.74) is 10.9. The number of carbonyl (C=O) groups is 3. The third-order valence-corrected chi connectivity index (χ3v) is 4.83. The van der Waals surface area contributed by atoms with Gasteiger partial charge in [-0.05, 0) is 24.8 Å². The van der Waals surface area contributed by atoms with Crippen LogP contribution in [0.2, 0.25) is 0 Å². The van der Waals surface area contributed by atoms with Gasteiger partial charge in [-0.15, -0.1) is 0 Å². The van der Waals surface area contributed by atoms with Crippen LogP contribution in [0.4, 0.5) is 0 Å². The van der Waals surface area contributed by atoms with E-state index >= 15 is 0 Å². The van der Waals surface area contributed by atoms with Gasteiger partial charge in [0.2, 0.25) is 17.7 Å². The minimum atomic E-state index is -1.35. The molecule has 0 bridgehead atoms. The Labute approximate surface area is 194 Å². The van der Waals surface area contributed by atoms with E-state index in [1.165, 1.54) is 0 Å². The maximum absolute atomic E-state index is 12.2. The number of aliphatic carboxylic acids is 1. The molecule has 0 unspecified atom stereocenters. The molecular formula is C21H29N7O6. The zero-order valence-electron chi connectivity index (χ0n) is 18.5. The fourth-order valence-electron chi connectivity index (χ4n) is 3.08. The van der Waals surface area contributed by atoms with Crippen molar-refractivity contribution in [1.82, 2.24) is 20.2 Å². The number of hydrogen-bond donors (Lipinski definition) is 7. The monoisotopic (exact) mass is 475 g/mol. The van der Waals surface area contributed by atoms with Gasteiger partial charge in [0.25, 0.3) is 0 Å². The van der Waals surface area contributed by atoms with E-state index < -0.39 is 48.5 Å². The van der Waals surface area contributed by atoms with Gasteiger partial charge in [0, 0.05) is 19.5 Å². The number of nitrogens with zero attached hydrogens (tertiary/aromatic N) is 2. The molecule has 0 saturated carbocycles. The number of carboxylic acid groups (broad SMARTS) is 1. The van der Waals surface area contributed by atoms with Crippen LogP contribution < -0.4 is 27.8 Å². The zero-order valence-corrected chi connectivity index (χ0v) is 18.5. The average Bonchev–Trinajstić information content (AvgIpc) is 3.06. The molecule has 2 rings (SSSR count). The number of rotatable bonds is 13. The number of amides is 2. The lowest BCUT2D eigenvalue weighted by Gasteiger charge is -2.15. The topological polar surface area (TPSA) is 218 Å². The number of aromatic nitrogens is 2. The van der Waals surface area contributed by atoms with Gasteiger partial charge in [-0.25, -0.2) is 9.59 Å². The predicted octanol–water partition coefficient (Wildman–Crippen LogP) is -1.59. The lowest BCUT2D eigenvalue weighted by atomic mass is 10.1. The summed E-state index contributed by atoms with van der Waals surface area (Å²) in [6.45, 7) is -0.636. The van der Waals surface area contributed by atoms with Crippen LogP contribution in [-0.4, -0.2) is 62.6 Å². The van der Waals surface area contributed by atoms with Gasteiger partial charge >= 0.3 is 11.7 Å². The molecule has 1 aromatic heterocycles. The largest absolute Gasteiger partial charge is 0.493 e. The molecule has 2 aromatic rings. The van der Waals surface area contributed by atoms with Crippen LogP contribution >= 0.6 is 0 Å². The van der Waals surface area contributed by atoms with Crippen molar-refractivity contribution in [3.05, 3.63) is 52.1 Å². The van der Waals surface area contributed by atoms with Crippen molar-refractivity contribution in [3.8, 4) is 5.88 Å². The van der Waals surface area contributed by atoms with E-state index in [0.717, 1.165) is 10.1 Å². The van der Waals surface area contributed by atoms with Crippen molar-refractivity contribution in [2.24, 2.45) is 16.5 Å². The molecule has 2 amide bonds. The second kappa shape index (κ2) is 12.7. The Balaban J connectivity index is 1.85. The van der Waals surface area contributed by atoms with Crippen molar-refractivity contribution >= 4 is 23.7 Å². The standard InChI is InChI=1S/C21H29N7O6/c22-20(23)24-10-4-7-14-18(31)28(21(34)27-14)12-17(30)25-11-15(19(32)33)26-16(29)9-8-13-5-2-1-3-6-13/h1-3,5-6,15,31H,4,7-12H2,(H,25,30)(H,26,29)(H,27,34)(H,32,33)(H4,22,23,24)/t15-/m0/s1. The minimum absolute atomic E-state index is 0.0704. The summed E-state index contributed by atoms with van der Waals surface area (Å²) in [7, 11) is 0. The molecular weight excluding hydrogens is 446 g/mol. The highest BCUT2D eigenvalue weighted by atomic mass is 16.4. The van der Waals surface area contributed by atoms with Crippen molar-refractivity contribution in [3.63, 3.8) is 0 Å². The quantitative estimate of drug-likeness (QED) is 0.101. The maximum Gasteiger partial charge on any atom is 0.329 e. The first-order chi connectivity index (χ1) is 16.2. The summed E-state index contributed by atoms with van der Waals surface area (Å²) in [5.74, 6) is -2.99. The molecule has 184 valence electrons. The fraction of sp³-hybridized carbons (Fsp3) is 0.381. The van der Waals surface area contributed by atoms with Crippen LogP contribution in [0, 0.1) is 0 Å². The number of H-pyrrole nitrogens is 1. The smallest absolute Gasteiger partial charge is 0.329 e. The summed E-state index contributed by atoms with van der Waals surface area (Å²) in [6.07, 6.45) is 1.24. The van der Waals surface area contributed by atoms with E-state index in [9.17, 15) is 29.4 Å². The SMILES string of the molecule is NC(N)=NCCCc1[nH]c(=O)n(CC(=O)NC[C@H](NC(=O)CCc2ccccc2)C(=O)O)c1O. The van der Waals surface area contributed by atoms with Crippen LogP contribution in [0.15, 0.2) is 40.1 Å². The Morgan fingerprint density at radius 3 is 2.47 bits per heavy atom. The highest BCUT2D eigenvalue weighted by molar-refractivity contribution is 5.84. The molecule has 0 aliphatic heterocycles. The number of aliphatic imine (C=N–C) groups is 1. The summed E-state index contributed by atoms with van der Waals surface area (Å²) in [4.78, 5) is 54.1. The van der Waals surface area contributed by atoms with Gasteiger partial charge < -0.3 is 37.3 Å². The lowest BCUT2D eigenvalue weighted by molar-refractivity contribution is -0.141. The summed E-state index contributed by atoms with van der Waals surface area (Å²) in [6, 6.07) is 7.89. The number of aryl methyl sites for hydroxylation is 2. The van der Waals surface area contributed by atoms with Crippen LogP contribution in [0.25, 0.3) is 0 Å². The third-order valence-electron chi connectivity index (χ3n) is 4.83. The molecule has 1 atom stereocenters. The molecule has 9 N–H and O–H groups in total. The number of carboxylic acids is 1. The molecule has 13 heteroatoms. The Bertz CT molecular complexity index is 1070. The normalized spacial score (nSPS) is 11.4. The first-order valence-electron chi connectivity index (χ1n) is 10.6. The lowest BCUT2D eigenvalue weighted by Crippen LogP contribution is -2.49. The Morgan fingerprint density at radius 1 is 1.12 bits per heavy atom. The number of hydrogen-bond acceptors (Lipinski definition) is 6. The van der Waals surface area contributed by atoms with Crippen LogP contribution in [0.3, 0.4) is 0 Å². The minimum Gasteiger partial charge on any atom is -0.493 e. The van der Waals surface area contributed by atoms with Crippen LogP contribution in [-0.2, 0) is 33.8 Å². The first kappa shape index (κ1) is 26.0. The zero-order chi connectivity index (χ0) is 25.1. The Morgan fingerprint density at radius 2 is 1.82 bits per heavy atom. The highest BCUT2D eigenvalue weighted by Crippen LogP contribution is 2.14. The van der Waals surface area contributed by atoms with E-state index in [0.29, 0.717) is 19.4 Å². The van der Waals surface area contributed by atoms with Crippen LogP contribution in [0.5, 0.6) is 5.88 Å². The van der Waals surface area contributed by atoms with E-state index in [2.05, 4.69) is 20.6 Å². The number of benzene rings is 1. The van der Waals surface area contributed by atoms with Gasteiger partial charge in [-0.3, -0.25) is 19.1 Å². The number of guanidine groups is 1. The average molecular weight is 476 g/mol. The number of imidazole rings is 1. The summed E-state index contributed by atoms with van der Waals surface area (Å²) in [5, 5.41) is 24.3. The second-order valence-electron chi connectivity index (χ2n) is 7.48. The molecule has 0 radical (unpaired) electrons. The van der Waals surface area contributed by atoms with Crippen molar-refractivity contribution in [2.75, 3.05) is 13.1 Å².